The second-order valence-electron chi connectivity index (χ2n) is 5.83. The van der Waals surface area contributed by atoms with Gasteiger partial charge in [0.25, 0.3) is 11.6 Å². The summed E-state index contributed by atoms with van der Waals surface area (Å²) in [6.07, 6.45) is 1.95. The van der Waals surface area contributed by atoms with Gasteiger partial charge in [-0.1, -0.05) is 0 Å². The van der Waals surface area contributed by atoms with Crippen LogP contribution in [0.5, 0.6) is 0 Å². The van der Waals surface area contributed by atoms with Crippen LogP contribution >= 0.6 is 0 Å². The van der Waals surface area contributed by atoms with Gasteiger partial charge in [0.15, 0.2) is 0 Å². The van der Waals surface area contributed by atoms with Crippen molar-refractivity contribution in [2.75, 3.05) is 13.1 Å². The molecule has 0 unspecified atom stereocenters. The number of hydrogen-bond donors (Lipinski definition) is 1. The van der Waals surface area contributed by atoms with Gasteiger partial charge in [0.2, 0.25) is 0 Å². The molecule has 0 radical (unpaired) electrons. The molecular formula is C15H21N3O3. The molecule has 6 heteroatoms. The minimum absolute atomic E-state index is 0.0425. The van der Waals surface area contributed by atoms with E-state index in [1.807, 2.05) is 6.92 Å². The summed E-state index contributed by atoms with van der Waals surface area (Å²) in [6.45, 7) is 5.02. The van der Waals surface area contributed by atoms with Crippen molar-refractivity contribution in [2.45, 2.75) is 32.7 Å². The van der Waals surface area contributed by atoms with Gasteiger partial charge < -0.3 is 10.6 Å². The third kappa shape index (κ3) is 3.58. The average Bonchev–Trinajstić information content (AvgIpc) is 2.45. The minimum Gasteiger partial charge on any atom is -0.338 e. The Morgan fingerprint density at radius 2 is 2.19 bits per heavy atom. The van der Waals surface area contributed by atoms with E-state index in [1.165, 1.54) is 12.1 Å². The van der Waals surface area contributed by atoms with E-state index in [2.05, 4.69) is 0 Å². The van der Waals surface area contributed by atoms with Crippen LogP contribution in [0.15, 0.2) is 18.2 Å². The Bertz CT molecular complexity index is 557. The molecule has 1 amide bonds. The maximum Gasteiger partial charge on any atom is 0.270 e. The van der Waals surface area contributed by atoms with E-state index in [0.717, 1.165) is 12.8 Å². The van der Waals surface area contributed by atoms with Gasteiger partial charge in [0, 0.05) is 36.8 Å². The number of hydrogen-bond acceptors (Lipinski definition) is 4. The van der Waals surface area contributed by atoms with Crippen molar-refractivity contribution in [3.63, 3.8) is 0 Å². The van der Waals surface area contributed by atoms with Gasteiger partial charge in [-0.05, 0) is 44.2 Å². The molecule has 0 saturated carbocycles. The third-order valence-corrected chi connectivity index (χ3v) is 4.01. The molecule has 2 rings (SSSR count). The average molecular weight is 291 g/mol. The maximum absolute atomic E-state index is 12.6. The number of piperidine rings is 1. The lowest BCUT2D eigenvalue weighted by Gasteiger charge is -2.34. The number of nitro benzene ring substituents is 1. The van der Waals surface area contributed by atoms with Crippen LogP contribution in [-0.4, -0.2) is 34.9 Å². The van der Waals surface area contributed by atoms with Crippen LogP contribution in [0.4, 0.5) is 5.69 Å². The van der Waals surface area contributed by atoms with Gasteiger partial charge in [-0.3, -0.25) is 14.9 Å². The van der Waals surface area contributed by atoms with Crippen molar-refractivity contribution in [3.8, 4) is 0 Å². The van der Waals surface area contributed by atoms with Crippen LogP contribution in [0.3, 0.4) is 0 Å². The fourth-order valence-corrected chi connectivity index (χ4v) is 2.80. The Labute approximate surface area is 124 Å². The summed E-state index contributed by atoms with van der Waals surface area (Å²) in [7, 11) is 0. The fourth-order valence-electron chi connectivity index (χ4n) is 2.80. The Kier molecular flexibility index (Phi) is 4.57. The van der Waals surface area contributed by atoms with Gasteiger partial charge in [-0.2, -0.15) is 0 Å². The quantitative estimate of drug-likeness (QED) is 0.682. The molecular weight excluding hydrogens is 270 g/mol. The summed E-state index contributed by atoms with van der Waals surface area (Å²) in [5, 5.41) is 10.9. The number of nitrogens with zero attached hydrogens (tertiary/aromatic N) is 2. The number of carbonyl (C=O) groups excluding carboxylic acids is 1. The van der Waals surface area contributed by atoms with E-state index >= 15 is 0 Å². The van der Waals surface area contributed by atoms with E-state index in [9.17, 15) is 14.9 Å². The predicted octanol–water partition coefficient (Wildman–Crippen LogP) is 2.10. The van der Waals surface area contributed by atoms with Crippen molar-refractivity contribution in [3.05, 3.63) is 39.4 Å². The van der Waals surface area contributed by atoms with Crippen molar-refractivity contribution in [1.29, 1.82) is 0 Å². The molecule has 0 aromatic heterocycles. The Balaban J connectivity index is 2.21. The Morgan fingerprint density at radius 3 is 2.81 bits per heavy atom. The van der Waals surface area contributed by atoms with E-state index in [-0.39, 0.29) is 17.6 Å². The molecule has 0 bridgehead atoms. The lowest BCUT2D eigenvalue weighted by atomic mass is 9.92. The first-order chi connectivity index (χ1) is 9.88. The van der Waals surface area contributed by atoms with Gasteiger partial charge in [0.1, 0.15) is 0 Å². The number of carbonyl (C=O) groups is 1. The topological polar surface area (TPSA) is 89.5 Å². The molecule has 114 valence electrons. The van der Waals surface area contributed by atoms with E-state index < -0.39 is 4.92 Å². The highest BCUT2D eigenvalue weighted by Crippen LogP contribution is 2.23. The third-order valence-electron chi connectivity index (χ3n) is 4.01. The highest BCUT2D eigenvalue weighted by atomic mass is 16.6. The fraction of sp³-hybridized carbons (Fsp3) is 0.533. The summed E-state index contributed by atoms with van der Waals surface area (Å²) >= 11 is 0. The zero-order chi connectivity index (χ0) is 15.6. The van der Waals surface area contributed by atoms with Crippen molar-refractivity contribution < 1.29 is 9.72 Å². The zero-order valence-electron chi connectivity index (χ0n) is 12.4. The number of non-ortho nitro benzene ring substituents is 1. The first-order valence-corrected chi connectivity index (χ1v) is 7.19. The SMILES string of the molecule is Cc1cc(C(=O)N2CCC[C@@H]([C@H](C)N)C2)cc([N+](=O)[O-])c1. The number of likely N-dealkylation sites (tertiary alicyclic amines) is 1. The summed E-state index contributed by atoms with van der Waals surface area (Å²) in [6, 6.07) is 4.57. The van der Waals surface area contributed by atoms with Gasteiger partial charge >= 0.3 is 0 Å². The summed E-state index contributed by atoms with van der Waals surface area (Å²) in [5.74, 6) is 0.148. The predicted molar refractivity (Wildman–Crippen MR) is 80.1 cm³/mol. The molecule has 1 aromatic carbocycles. The molecule has 2 atom stereocenters. The van der Waals surface area contributed by atoms with Crippen LogP contribution in [0.1, 0.15) is 35.7 Å². The molecule has 2 N–H and O–H groups in total. The normalized spacial score (nSPS) is 20.1. The molecule has 1 fully saturated rings. The molecule has 1 aromatic rings. The first kappa shape index (κ1) is 15.4. The second kappa shape index (κ2) is 6.22. The van der Waals surface area contributed by atoms with Gasteiger partial charge in [0.05, 0.1) is 4.92 Å². The molecule has 21 heavy (non-hydrogen) atoms. The molecule has 0 aliphatic carbocycles. The van der Waals surface area contributed by atoms with Crippen LogP contribution in [0, 0.1) is 23.0 Å². The highest BCUT2D eigenvalue weighted by Gasteiger charge is 2.27. The second-order valence-corrected chi connectivity index (χ2v) is 5.83. The van der Waals surface area contributed by atoms with E-state index in [1.54, 1.807) is 17.9 Å². The smallest absolute Gasteiger partial charge is 0.270 e. The molecule has 1 heterocycles. The lowest BCUT2D eigenvalue weighted by molar-refractivity contribution is -0.384. The van der Waals surface area contributed by atoms with Crippen LogP contribution < -0.4 is 5.73 Å². The van der Waals surface area contributed by atoms with E-state index in [0.29, 0.717) is 30.1 Å². The van der Waals surface area contributed by atoms with Crippen LogP contribution in [-0.2, 0) is 0 Å². The number of nitrogens with two attached hydrogens (primary N) is 1. The summed E-state index contributed by atoms with van der Waals surface area (Å²) < 4.78 is 0. The van der Waals surface area contributed by atoms with Crippen LogP contribution in [0.2, 0.25) is 0 Å². The standard InChI is InChI=1S/C15H21N3O3/c1-10-6-13(8-14(7-10)18(20)21)15(19)17-5-3-4-12(9-17)11(2)16/h6-8,11-12H,3-5,9,16H2,1-2H3/t11-,12+/m0/s1. The monoisotopic (exact) mass is 291 g/mol. The van der Waals surface area contributed by atoms with Crippen molar-refractivity contribution >= 4 is 11.6 Å². The van der Waals surface area contributed by atoms with Crippen molar-refractivity contribution in [2.24, 2.45) is 11.7 Å². The number of nitro groups is 1. The molecule has 6 nitrogen and oxygen atoms in total. The largest absolute Gasteiger partial charge is 0.338 e. The Morgan fingerprint density at radius 1 is 1.48 bits per heavy atom. The number of aryl methyl sites for hydroxylation is 1. The number of rotatable bonds is 3. The molecule has 0 spiro atoms. The maximum atomic E-state index is 12.6. The van der Waals surface area contributed by atoms with E-state index in [4.69, 9.17) is 5.73 Å². The highest BCUT2D eigenvalue weighted by molar-refractivity contribution is 5.95. The molecule has 1 saturated heterocycles. The molecule has 1 aliphatic rings. The lowest BCUT2D eigenvalue weighted by Crippen LogP contribution is -2.45. The minimum atomic E-state index is -0.468. The van der Waals surface area contributed by atoms with Crippen molar-refractivity contribution in [1.82, 2.24) is 4.90 Å². The number of benzene rings is 1. The van der Waals surface area contributed by atoms with Gasteiger partial charge in [-0.15, -0.1) is 0 Å². The summed E-state index contributed by atoms with van der Waals surface area (Å²) in [5.41, 5.74) is 6.98. The summed E-state index contributed by atoms with van der Waals surface area (Å²) in [4.78, 5) is 24.8. The number of amides is 1. The Hall–Kier alpha value is -1.95. The first-order valence-electron chi connectivity index (χ1n) is 7.19. The van der Waals surface area contributed by atoms with Crippen LogP contribution in [0.25, 0.3) is 0 Å². The zero-order valence-corrected chi connectivity index (χ0v) is 12.4. The molecule has 1 aliphatic heterocycles. The van der Waals surface area contributed by atoms with Gasteiger partial charge in [-0.25, -0.2) is 0 Å².